The first-order valence-corrected chi connectivity index (χ1v) is 6.66. The van der Waals surface area contributed by atoms with Crippen LogP contribution in [0.25, 0.3) is 0 Å². The van der Waals surface area contributed by atoms with Crippen LogP contribution in [0.1, 0.15) is 37.7 Å². The van der Waals surface area contributed by atoms with Gasteiger partial charge in [0, 0.05) is 12.0 Å². The third-order valence-electron chi connectivity index (χ3n) is 3.76. The fraction of sp³-hybridized carbons (Fsp3) is 0.538. The molecule has 0 saturated heterocycles. The van der Waals surface area contributed by atoms with E-state index in [0.29, 0.717) is 12.3 Å². The van der Waals surface area contributed by atoms with Crippen molar-refractivity contribution in [2.24, 2.45) is 5.73 Å². The molecule has 0 aromatic heterocycles. The van der Waals surface area contributed by atoms with Crippen molar-refractivity contribution in [1.82, 2.24) is 0 Å². The van der Waals surface area contributed by atoms with Crippen LogP contribution in [-0.2, 0) is 5.41 Å². The van der Waals surface area contributed by atoms with Gasteiger partial charge in [0.2, 0.25) is 0 Å². The molecule has 0 spiro atoms. The summed E-state index contributed by atoms with van der Waals surface area (Å²) in [4.78, 5) is 0. The van der Waals surface area contributed by atoms with Gasteiger partial charge in [-0.2, -0.15) is 0 Å². The first kappa shape index (κ1) is 11.9. The first-order valence-electron chi connectivity index (χ1n) is 5.87. The molecule has 88 valence electrons. The Morgan fingerprint density at radius 2 is 1.94 bits per heavy atom. The zero-order valence-electron chi connectivity index (χ0n) is 9.38. The van der Waals surface area contributed by atoms with E-state index in [-0.39, 0.29) is 5.41 Å². The average molecular weight is 284 g/mol. The molecule has 0 bridgehead atoms. The van der Waals surface area contributed by atoms with Gasteiger partial charge in [-0.3, -0.25) is 0 Å². The van der Waals surface area contributed by atoms with E-state index in [1.54, 1.807) is 6.07 Å². The van der Waals surface area contributed by atoms with Crippen molar-refractivity contribution in [2.45, 2.75) is 37.5 Å². The summed E-state index contributed by atoms with van der Waals surface area (Å²) in [6, 6.07) is 5.79. The standard InChI is InChI=1S/C13H18BrNO/c14-11-8-10(4-5-12(11)16)13(9-15)6-2-1-3-7-13/h4-5,8,16H,1-3,6-7,9,15H2. The maximum absolute atomic E-state index is 9.52. The molecule has 0 aliphatic heterocycles. The highest BCUT2D eigenvalue weighted by Crippen LogP contribution is 2.40. The van der Waals surface area contributed by atoms with E-state index in [0.717, 1.165) is 4.47 Å². The molecule has 3 N–H and O–H groups in total. The molecule has 1 fully saturated rings. The lowest BCUT2D eigenvalue weighted by atomic mass is 9.69. The Balaban J connectivity index is 2.35. The van der Waals surface area contributed by atoms with Gasteiger partial charge in [-0.1, -0.05) is 25.3 Å². The maximum Gasteiger partial charge on any atom is 0.129 e. The molecule has 0 radical (unpaired) electrons. The smallest absolute Gasteiger partial charge is 0.129 e. The molecule has 1 aromatic carbocycles. The van der Waals surface area contributed by atoms with Crippen LogP contribution in [-0.4, -0.2) is 11.7 Å². The molecule has 2 rings (SSSR count). The largest absolute Gasteiger partial charge is 0.507 e. The van der Waals surface area contributed by atoms with Crippen molar-refractivity contribution >= 4 is 15.9 Å². The van der Waals surface area contributed by atoms with Crippen LogP contribution in [0.15, 0.2) is 22.7 Å². The van der Waals surface area contributed by atoms with Crippen molar-refractivity contribution in [3.63, 3.8) is 0 Å². The zero-order chi connectivity index (χ0) is 11.6. The van der Waals surface area contributed by atoms with Crippen LogP contribution >= 0.6 is 15.9 Å². The summed E-state index contributed by atoms with van der Waals surface area (Å²) in [5.41, 5.74) is 7.38. The second-order valence-corrected chi connectivity index (χ2v) is 5.57. The number of nitrogens with two attached hydrogens (primary N) is 1. The SMILES string of the molecule is NCC1(c2ccc(O)c(Br)c2)CCCCC1. The molecule has 0 atom stereocenters. The third-order valence-corrected chi connectivity index (χ3v) is 4.40. The number of hydrogen-bond donors (Lipinski definition) is 2. The quantitative estimate of drug-likeness (QED) is 0.875. The second-order valence-electron chi connectivity index (χ2n) is 4.71. The molecule has 1 aliphatic rings. The minimum atomic E-state index is 0.133. The predicted octanol–water partition coefficient (Wildman–Crippen LogP) is 3.32. The second kappa shape index (κ2) is 4.76. The van der Waals surface area contributed by atoms with Gasteiger partial charge in [0.05, 0.1) is 4.47 Å². The number of benzene rings is 1. The summed E-state index contributed by atoms with van der Waals surface area (Å²) in [6.45, 7) is 0.699. The molecule has 1 aliphatic carbocycles. The molecule has 0 amide bonds. The van der Waals surface area contributed by atoms with E-state index in [9.17, 15) is 5.11 Å². The molecule has 0 unspecified atom stereocenters. The number of halogens is 1. The lowest BCUT2D eigenvalue weighted by Gasteiger charge is -2.37. The van der Waals surface area contributed by atoms with Gasteiger partial charge in [-0.05, 0) is 46.5 Å². The van der Waals surface area contributed by atoms with Gasteiger partial charge in [0.1, 0.15) is 5.75 Å². The van der Waals surface area contributed by atoms with E-state index in [2.05, 4.69) is 15.9 Å². The highest BCUT2D eigenvalue weighted by atomic mass is 79.9. The minimum absolute atomic E-state index is 0.133. The van der Waals surface area contributed by atoms with Crippen molar-refractivity contribution in [3.05, 3.63) is 28.2 Å². The monoisotopic (exact) mass is 283 g/mol. The molecular weight excluding hydrogens is 266 g/mol. The van der Waals surface area contributed by atoms with E-state index >= 15 is 0 Å². The average Bonchev–Trinajstić information content (AvgIpc) is 2.33. The highest BCUT2D eigenvalue weighted by molar-refractivity contribution is 9.10. The summed E-state index contributed by atoms with van der Waals surface area (Å²) in [6.07, 6.45) is 6.17. The zero-order valence-corrected chi connectivity index (χ0v) is 11.0. The summed E-state index contributed by atoms with van der Waals surface area (Å²) in [7, 11) is 0. The molecule has 1 aromatic rings. The van der Waals surface area contributed by atoms with E-state index < -0.39 is 0 Å². The Labute approximate surface area is 105 Å². The third kappa shape index (κ3) is 2.11. The predicted molar refractivity (Wildman–Crippen MR) is 69.6 cm³/mol. The van der Waals surface area contributed by atoms with Crippen molar-refractivity contribution < 1.29 is 5.11 Å². The summed E-state index contributed by atoms with van der Waals surface area (Å²) in [5.74, 6) is 0.298. The Morgan fingerprint density at radius 3 is 2.50 bits per heavy atom. The van der Waals surface area contributed by atoms with Gasteiger partial charge in [-0.15, -0.1) is 0 Å². The number of phenolic OH excluding ortho intramolecular Hbond substituents is 1. The molecule has 0 heterocycles. The fourth-order valence-corrected chi connectivity index (χ4v) is 3.05. The fourth-order valence-electron chi connectivity index (χ4n) is 2.68. The summed E-state index contributed by atoms with van der Waals surface area (Å²) in [5, 5.41) is 9.52. The van der Waals surface area contributed by atoms with Crippen LogP contribution in [0.2, 0.25) is 0 Å². The van der Waals surface area contributed by atoms with Crippen LogP contribution in [0.3, 0.4) is 0 Å². The Hall–Kier alpha value is -0.540. The minimum Gasteiger partial charge on any atom is -0.507 e. The molecule has 1 saturated carbocycles. The maximum atomic E-state index is 9.52. The topological polar surface area (TPSA) is 46.2 Å². The van der Waals surface area contributed by atoms with Gasteiger partial charge in [0.25, 0.3) is 0 Å². The van der Waals surface area contributed by atoms with E-state index in [1.807, 2.05) is 12.1 Å². The normalized spacial score (nSPS) is 19.6. The highest BCUT2D eigenvalue weighted by Gasteiger charge is 2.32. The van der Waals surface area contributed by atoms with Crippen molar-refractivity contribution in [2.75, 3.05) is 6.54 Å². The Kier molecular flexibility index (Phi) is 3.55. The Bertz CT molecular complexity index is 372. The summed E-state index contributed by atoms with van der Waals surface area (Å²) >= 11 is 3.38. The number of hydrogen-bond acceptors (Lipinski definition) is 2. The van der Waals surface area contributed by atoms with E-state index in [1.165, 1.54) is 37.7 Å². The first-order chi connectivity index (χ1) is 7.68. The van der Waals surface area contributed by atoms with Crippen LogP contribution in [0.4, 0.5) is 0 Å². The van der Waals surface area contributed by atoms with Crippen LogP contribution < -0.4 is 5.73 Å². The van der Waals surface area contributed by atoms with Gasteiger partial charge in [0.15, 0.2) is 0 Å². The van der Waals surface area contributed by atoms with Gasteiger partial charge >= 0.3 is 0 Å². The summed E-state index contributed by atoms with van der Waals surface area (Å²) < 4.78 is 0.767. The van der Waals surface area contributed by atoms with Crippen molar-refractivity contribution in [3.8, 4) is 5.75 Å². The molecule has 3 heteroatoms. The van der Waals surface area contributed by atoms with Gasteiger partial charge < -0.3 is 10.8 Å². The number of rotatable bonds is 2. The molecule has 2 nitrogen and oxygen atoms in total. The van der Waals surface area contributed by atoms with E-state index in [4.69, 9.17) is 5.73 Å². The van der Waals surface area contributed by atoms with Crippen LogP contribution in [0, 0.1) is 0 Å². The van der Waals surface area contributed by atoms with Gasteiger partial charge in [-0.25, -0.2) is 0 Å². The Morgan fingerprint density at radius 1 is 1.25 bits per heavy atom. The molecule has 16 heavy (non-hydrogen) atoms. The van der Waals surface area contributed by atoms with Crippen LogP contribution in [0.5, 0.6) is 5.75 Å². The lowest BCUT2D eigenvalue weighted by molar-refractivity contribution is 0.300. The van der Waals surface area contributed by atoms with Crippen molar-refractivity contribution in [1.29, 1.82) is 0 Å². The lowest BCUT2D eigenvalue weighted by Crippen LogP contribution is -2.37. The molecular formula is C13H18BrNO. The number of phenols is 1. The number of aromatic hydroxyl groups is 1.